The van der Waals surface area contributed by atoms with E-state index in [1.54, 1.807) is 19.5 Å². The Hall–Kier alpha value is -2.82. The van der Waals surface area contributed by atoms with E-state index in [-0.39, 0.29) is 11.9 Å². The first-order valence-electron chi connectivity index (χ1n) is 8.47. The van der Waals surface area contributed by atoms with Gasteiger partial charge in [0.05, 0.1) is 18.7 Å². The molecule has 4 rings (SSSR count). The summed E-state index contributed by atoms with van der Waals surface area (Å²) in [4.78, 5) is 19.4. The third-order valence-electron chi connectivity index (χ3n) is 4.89. The fourth-order valence-electron chi connectivity index (χ4n) is 3.68. The monoisotopic (exact) mass is 336 g/mol. The number of hydrogen-bond donors (Lipinski definition) is 0. The molecule has 1 atom stereocenters. The number of aromatic nitrogens is 1. The summed E-state index contributed by atoms with van der Waals surface area (Å²) in [7, 11) is 1.62. The van der Waals surface area contributed by atoms with Crippen LogP contribution < -0.4 is 4.74 Å². The van der Waals surface area contributed by atoms with Crippen molar-refractivity contribution in [3.8, 4) is 5.75 Å². The van der Waals surface area contributed by atoms with Crippen LogP contribution in [0.15, 0.2) is 47.1 Å². The Morgan fingerprint density at radius 3 is 2.84 bits per heavy atom. The fraction of sp³-hybridized carbons (Fsp3) is 0.300. The molecule has 128 valence electrons. The molecule has 0 aliphatic carbocycles. The molecule has 5 nitrogen and oxygen atoms in total. The Morgan fingerprint density at radius 2 is 2.08 bits per heavy atom. The zero-order valence-electron chi connectivity index (χ0n) is 14.4. The van der Waals surface area contributed by atoms with Crippen molar-refractivity contribution in [2.45, 2.75) is 25.8 Å². The number of ether oxygens (including phenoxy) is 1. The number of carbonyl (C=O) groups is 1. The fourth-order valence-corrected chi connectivity index (χ4v) is 3.68. The molecule has 1 aliphatic heterocycles. The van der Waals surface area contributed by atoms with Crippen molar-refractivity contribution >= 4 is 16.9 Å². The summed E-state index contributed by atoms with van der Waals surface area (Å²) in [5.41, 5.74) is 2.47. The Kier molecular flexibility index (Phi) is 3.92. The summed E-state index contributed by atoms with van der Waals surface area (Å²) in [6, 6.07) is 9.62. The number of nitrogens with zero attached hydrogens (tertiary/aromatic N) is 2. The lowest BCUT2D eigenvalue weighted by molar-refractivity contribution is 0.0735. The molecule has 0 saturated carbocycles. The topological polar surface area (TPSA) is 55.6 Å². The van der Waals surface area contributed by atoms with Crippen molar-refractivity contribution in [2.24, 2.45) is 0 Å². The molecular weight excluding hydrogens is 316 g/mol. The molecule has 0 spiro atoms. The van der Waals surface area contributed by atoms with Crippen LogP contribution >= 0.6 is 0 Å². The molecule has 1 aliphatic rings. The van der Waals surface area contributed by atoms with Gasteiger partial charge in [-0.2, -0.15) is 0 Å². The molecule has 1 unspecified atom stereocenters. The first kappa shape index (κ1) is 15.7. The molecule has 5 heteroatoms. The number of amides is 1. The van der Waals surface area contributed by atoms with Gasteiger partial charge in [0, 0.05) is 24.3 Å². The van der Waals surface area contributed by atoms with Gasteiger partial charge < -0.3 is 14.1 Å². The summed E-state index contributed by atoms with van der Waals surface area (Å²) in [5, 5.41) is 0.808. The van der Waals surface area contributed by atoms with Crippen molar-refractivity contribution < 1.29 is 13.9 Å². The van der Waals surface area contributed by atoms with Gasteiger partial charge in [-0.05, 0) is 55.7 Å². The quantitative estimate of drug-likeness (QED) is 0.722. The van der Waals surface area contributed by atoms with E-state index < -0.39 is 0 Å². The van der Waals surface area contributed by atoms with Crippen molar-refractivity contribution in [1.82, 2.24) is 9.88 Å². The van der Waals surface area contributed by atoms with E-state index in [1.807, 2.05) is 42.2 Å². The number of benzene rings is 1. The molecule has 1 saturated heterocycles. The zero-order valence-corrected chi connectivity index (χ0v) is 14.4. The van der Waals surface area contributed by atoms with Crippen LogP contribution in [0.2, 0.25) is 0 Å². The highest BCUT2D eigenvalue weighted by molar-refractivity contribution is 6.07. The minimum absolute atomic E-state index is 0.0174. The summed E-state index contributed by atoms with van der Waals surface area (Å²) < 4.78 is 11.1. The van der Waals surface area contributed by atoms with Crippen LogP contribution in [0, 0.1) is 6.92 Å². The molecule has 1 fully saturated rings. The van der Waals surface area contributed by atoms with Crippen LogP contribution in [0.4, 0.5) is 0 Å². The van der Waals surface area contributed by atoms with Gasteiger partial charge in [-0.15, -0.1) is 0 Å². The van der Waals surface area contributed by atoms with Crippen LogP contribution in [0.1, 0.15) is 40.6 Å². The minimum Gasteiger partial charge on any atom is -0.497 e. The predicted octanol–water partition coefficient (Wildman–Crippen LogP) is 4.12. The molecule has 0 bridgehead atoms. The third-order valence-corrected chi connectivity index (χ3v) is 4.89. The molecule has 3 heterocycles. The van der Waals surface area contributed by atoms with Crippen LogP contribution in [0.25, 0.3) is 11.0 Å². The molecule has 0 radical (unpaired) electrons. The lowest BCUT2D eigenvalue weighted by Crippen LogP contribution is -2.30. The molecular formula is C20H20N2O3. The normalized spacial score (nSPS) is 17.2. The van der Waals surface area contributed by atoms with Crippen LogP contribution in [0.5, 0.6) is 5.75 Å². The summed E-state index contributed by atoms with van der Waals surface area (Å²) in [6.45, 7) is 2.60. The number of carbonyl (C=O) groups excluding carboxylic acids is 1. The first-order chi connectivity index (χ1) is 12.2. The molecule has 25 heavy (non-hydrogen) atoms. The first-order valence-corrected chi connectivity index (χ1v) is 8.47. The summed E-state index contributed by atoms with van der Waals surface area (Å²) in [5.74, 6) is 1.38. The maximum absolute atomic E-state index is 13.3. The maximum Gasteiger partial charge on any atom is 0.258 e. The minimum atomic E-state index is 0.0174. The third kappa shape index (κ3) is 2.65. The van der Waals surface area contributed by atoms with Gasteiger partial charge in [-0.3, -0.25) is 9.78 Å². The van der Waals surface area contributed by atoms with E-state index in [2.05, 4.69) is 4.98 Å². The van der Waals surface area contributed by atoms with Gasteiger partial charge >= 0.3 is 0 Å². The largest absolute Gasteiger partial charge is 0.497 e. The highest BCUT2D eigenvalue weighted by Crippen LogP contribution is 2.36. The number of hydrogen-bond acceptors (Lipinski definition) is 4. The lowest BCUT2D eigenvalue weighted by atomic mass is 10.0. The van der Waals surface area contributed by atoms with Crippen molar-refractivity contribution in [1.29, 1.82) is 0 Å². The second-order valence-corrected chi connectivity index (χ2v) is 6.33. The van der Waals surface area contributed by atoms with Gasteiger partial charge in [-0.25, -0.2) is 0 Å². The van der Waals surface area contributed by atoms with Gasteiger partial charge in [0.25, 0.3) is 5.91 Å². The van der Waals surface area contributed by atoms with Crippen LogP contribution in [-0.2, 0) is 0 Å². The number of likely N-dealkylation sites (tertiary alicyclic amines) is 1. The van der Waals surface area contributed by atoms with Crippen LogP contribution in [-0.4, -0.2) is 29.4 Å². The zero-order chi connectivity index (χ0) is 17.4. The highest BCUT2D eigenvalue weighted by atomic mass is 16.5. The summed E-state index contributed by atoms with van der Waals surface area (Å²) >= 11 is 0. The van der Waals surface area contributed by atoms with E-state index in [9.17, 15) is 4.79 Å². The van der Waals surface area contributed by atoms with Crippen molar-refractivity contribution in [2.75, 3.05) is 13.7 Å². The van der Waals surface area contributed by atoms with Crippen molar-refractivity contribution in [3.05, 3.63) is 59.6 Å². The summed E-state index contributed by atoms with van der Waals surface area (Å²) in [6.07, 6.45) is 5.52. The molecule has 0 N–H and O–H groups in total. The Labute approximate surface area is 146 Å². The standard InChI is InChI=1S/C20H20N2O3/c1-13-19(16-12-15(24-2)5-6-18(16)25-13)20(23)22-11-3-4-17(22)14-7-9-21-10-8-14/h5-10,12,17H,3-4,11H2,1-2H3. The number of aryl methyl sites for hydroxylation is 1. The number of furan rings is 1. The highest BCUT2D eigenvalue weighted by Gasteiger charge is 2.33. The van der Waals surface area contributed by atoms with E-state index in [0.29, 0.717) is 16.9 Å². The average Bonchev–Trinajstić information content (AvgIpc) is 3.25. The Morgan fingerprint density at radius 1 is 1.28 bits per heavy atom. The number of methoxy groups -OCH3 is 1. The van der Waals surface area contributed by atoms with E-state index in [1.165, 1.54) is 0 Å². The molecule has 1 aromatic carbocycles. The smallest absolute Gasteiger partial charge is 0.258 e. The molecule has 2 aromatic heterocycles. The van der Waals surface area contributed by atoms with E-state index >= 15 is 0 Å². The number of rotatable bonds is 3. The van der Waals surface area contributed by atoms with Gasteiger partial charge in [0.15, 0.2) is 0 Å². The van der Waals surface area contributed by atoms with Gasteiger partial charge in [0.2, 0.25) is 0 Å². The molecule has 3 aromatic rings. The molecule has 1 amide bonds. The van der Waals surface area contributed by atoms with Gasteiger partial charge in [0.1, 0.15) is 17.1 Å². The maximum atomic E-state index is 13.3. The SMILES string of the molecule is COc1ccc2oc(C)c(C(=O)N3CCCC3c3ccncc3)c2c1. The van der Waals surface area contributed by atoms with E-state index in [4.69, 9.17) is 9.15 Å². The van der Waals surface area contributed by atoms with Crippen LogP contribution in [0.3, 0.4) is 0 Å². The number of fused-ring (bicyclic) bond motifs is 1. The Balaban J connectivity index is 1.75. The van der Waals surface area contributed by atoms with E-state index in [0.717, 1.165) is 36.1 Å². The van der Waals surface area contributed by atoms with Gasteiger partial charge in [-0.1, -0.05) is 0 Å². The average molecular weight is 336 g/mol. The second kappa shape index (κ2) is 6.24. The Bertz CT molecular complexity index is 917. The second-order valence-electron chi connectivity index (χ2n) is 6.33. The predicted molar refractivity (Wildman–Crippen MR) is 94.8 cm³/mol. The van der Waals surface area contributed by atoms with Crippen molar-refractivity contribution in [3.63, 3.8) is 0 Å². The number of pyridine rings is 1. The lowest BCUT2D eigenvalue weighted by Gasteiger charge is -2.25.